The van der Waals surface area contributed by atoms with Crippen molar-refractivity contribution in [1.82, 2.24) is 19.7 Å². The Morgan fingerprint density at radius 3 is 2.63 bits per heavy atom. The Bertz CT molecular complexity index is 881. The summed E-state index contributed by atoms with van der Waals surface area (Å²) in [6.07, 6.45) is 1.81. The average molecular weight is 394 g/mol. The molecule has 0 aromatic carbocycles. The van der Waals surface area contributed by atoms with E-state index >= 15 is 0 Å². The van der Waals surface area contributed by atoms with E-state index < -0.39 is 11.2 Å². The SMILES string of the molecule is CCCCn1c(S[C@@H](C)C(=O)c2[nH]c(C)c(C(=O)OCC)c2C)n[nH]c1=O. The molecule has 2 heterocycles. The zero-order valence-electron chi connectivity index (χ0n) is 16.3. The summed E-state index contributed by atoms with van der Waals surface area (Å²) in [7, 11) is 0. The monoisotopic (exact) mass is 394 g/mol. The first-order chi connectivity index (χ1) is 12.8. The number of thioether (sulfide) groups is 1. The number of hydrogen-bond acceptors (Lipinski definition) is 6. The van der Waals surface area contributed by atoms with Crippen LogP contribution in [0.2, 0.25) is 0 Å². The molecule has 0 aliphatic heterocycles. The molecule has 0 amide bonds. The fraction of sp³-hybridized carbons (Fsp3) is 0.556. The third-order valence-electron chi connectivity index (χ3n) is 4.27. The predicted molar refractivity (Wildman–Crippen MR) is 104 cm³/mol. The zero-order chi connectivity index (χ0) is 20.1. The summed E-state index contributed by atoms with van der Waals surface area (Å²) in [6.45, 7) is 9.84. The van der Waals surface area contributed by atoms with Crippen LogP contribution in [0, 0.1) is 13.8 Å². The molecule has 0 spiro atoms. The normalized spacial score (nSPS) is 12.2. The third kappa shape index (κ3) is 4.52. The summed E-state index contributed by atoms with van der Waals surface area (Å²) in [4.78, 5) is 39.9. The number of carbonyl (C=O) groups is 2. The van der Waals surface area contributed by atoms with Gasteiger partial charge in [0, 0.05) is 12.2 Å². The highest BCUT2D eigenvalue weighted by Crippen LogP contribution is 2.26. The van der Waals surface area contributed by atoms with Crippen molar-refractivity contribution < 1.29 is 14.3 Å². The van der Waals surface area contributed by atoms with E-state index in [1.54, 1.807) is 32.3 Å². The number of ketones is 1. The number of nitrogens with one attached hydrogen (secondary N) is 2. The van der Waals surface area contributed by atoms with Gasteiger partial charge in [0.15, 0.2) is 10.9 Å². The smallest absolute Gasteiger partial charge is 0.343 e. The molecular formula is C18H26N4O4S. The number of aryl methyl sites for hydroxylation is 1. The van der Waals surface area contributed by atoms with Crippen LogP contribution in [0.15, 0.2) is 9.95 Å². The van der Waals surface area contributed by atoms with Crippen LogP contribution in [0.5, 0.6) is 0 Å². The Balaban J connectivity index is 2.23. The summed E-state index contributed by atoms with van der Waals surface area (Å²) in [5, 5.41) is 6.48. The van der Waals surface area contributed by atoms with Gasteiger partial charge in [0.05, 0.1) is 23.1 Å². The van der Waals surface area contributed by atoms with Crippen LogP contribution in [0.4, 0.5) is 0 Å². The van der Waals surface area contributed by atoms with Crippen LogP contribution in [0.25, 0.3) is 0 Å². The largest absolute Gasteiger partial charge is 0.462 e. The van der Waals surface area contributed by atoms with Gasteiger partial charge in [-0.1, -0.05) is 25.1 Å². The lowest BCUT2D eigenvalue weighted by molar-refractivity contribution is 0.0525. The highest BCUT2D eigenvalue weighted by molar-refractivity contribution is 8.00. The average Bonchev–Trinajstić information content (AvgIpc) is 3.11. The van der Waals surface area contributed by atoms with Crippen molar-refractivity contribution in [3.63, 3.8) is 0 Å². The molecule has 0 aliphatic carbocycles. The Kier molecular flexibility index (Phi) is 7.06. The van der Waals surface area contributed by atoms with Gasteiger partial charge in [-0.25, -0.2) is 14.7 Å². The molecule has 1 atom stereocenters. The lowest BCUT2D eigenvalue weighted by Gasteiger charge is -2.10. The topological polar surface area (TPSA) is 110 Å². The van der Waals surface area contributed by atoms with Crippen LogP contribution < -0.4 is 5.69 Å². The Morgan fingerprint density at radius 1 is 1.30 bits per heavy atom. The summed E-state index contributed by atoms with van der Waals surface area (Å²) in [5.74, 6) is -0.600. The van der Waals surface area contributed by atoms with Crippen molar-refractivity contribution in [3.8, 4) is 0 Å². The summed E-state index contributed by atoms with van der Waals surface area (Å²) < 4.78 is 6.62. The minimum Gasteiger partial charge on any atom is -0.462 e. The molecule has 2 aromatic heterocycles. The number of aromatic amines is 2. The number of unbranched alkanes of at least 4 members (excludes halogenated alkanes) is 1. The highest BCUT2D eigenvalue weighted by Gasteiger charge is 2.27. The number of esters is 1. The second-order valence-corrected chi connectivity index (χ2v) is 7.59. The number of aromatic nitrogens is 4. The summed E-state index contributed by atoms with van der Waals surface area (Å²) in [6, 6.07) is 0. The van der Waals surface area contributed by atoms with Crippen molar-refractivity contribution in [3.05, 3.63) is 33.0 Å². The van der Waals surface area contributed by atoms with Crippen molar-refractivity contribution in [1.29, 1.82) is 0 Å². The first-order valence-corrected chi connectivity index (χ1v) is 9.92. The van der Waals surface area contributed by atoms with E-state index in [1.165, 1.54) is 11.8 Å². The Hall–Kier alpha value is -2.29. The summed E-state index contributed by atoms with van der Waals surface area (Å²) >= 11 is 1.22. The van der Waals surface area contributed by atoms with Crippen LogP contribution in [0.3, 0.4) is 0 Å². The first-order valence-electron chi connectivity index (χ1n) is 9.04. The molecule has 0 aliphatic rings. The van der Waals surface area contributed by atoms with Crippen molar-refractivity contribution in [2.24, 2.45) is 0 Å². The lowest BCUT2D eigenvalue weighted by atomic mass is 10.1. The van der Waals surface area contributed by atoms with E-state index in [4.69, 9.17) is 4.74 Å². The second-order valence-electron chi connectivity index (χ2n) is 6.29. The maximum absolute atomic E-state index is 12.9. The van der Waals surface area contributed by atoms with Crippen molar-refractivity contribution in [2.75, 3.05) is 6.61 Å². The minimum atomic E-state index is -0.479. The number of ether oxygens (including phenoxy) is 1. The molecule has 148 valence electrons. The Labute approximate surface area is 162 Å². The molecule has 0 saturated carbocycles. The molecule has 9 heteroatoms. The van der Waals surface area contributed by atoms with Gasteiger partial charge in [-0.3, -0.25) is 9.36 Å². The van der Waals surface area contributed by atoms with Crippen molar-refractivity contribution >= 4 is 23.5 Å². The quantitative estimate of drug-likeness (QED) is 0.384. The van der Waals surface area contributed by atoms with Crippen LogP contribution in [0.1, 0.15) is 65.7 Å². The minimum absolute atomic E-state index is 0.159. The third-order valence-corrected chi connectivity index (χ3v) is 5.36. The number of rotatable bonds is 9. The van der Waals surface area contributed by atoms with E-state index in [-0.39, 0.29) is 18.1 Å². The molecule has 2 N–H and O–H groups in total. The summed E-state index contributed by atoms with van der Waals surface area (Å²) in [5.41, 5.74) is 1.69. The van der Waals surface area contributed by atoms with Crippen molar-refractivity contribution in [2.45, 2.75) is 64.4 Å². The first kappa shape index (κ1) is 21.0. The van der Waals surface area contributed by atoms with E-state index in [2.05, 4.69) is 15.2 Å². The molecule has 0 unspecified atom stereocenters. The number of hydrogen-bond donors (Lipinski definition) is 2. The molecule has 0 fully saturated rings. The van der Waals surface area contributed by atoms with Gasteiger partial charge < -0.3 is 9.72 Å². The lowest BCUT2D eigenvalue weighted by Crippen LogP contribution is -2.20. The fourth-order valence-electron chi connectivity index (χ4n) is 2.83. The molecule has 27 heavy (non-hydrogen) atoms. The maximum atomic E-state index is 12.9. The Morgan fingerprint density at radius 2 is 2.00 bits per heavy atom. The van der Waals surface area contributed by atoms with E-state index in [0.717, 1.165) is 12.8 Å². The van der Waals surface area contributed by atoms with Gasteiger partial charge in [0.2, 0.25) is 0 Å². The van der Waals surface area contributed by atoms with E-state index in [9.17, 15) is 14.4 Å². The van der Waals surface area contributed by atoms with Gasteiger partial charge in [-0.2, -0.15) is 0 Å². The maximum Gasteiger partial charge on any atom is 0.343 e. The van der Waals surface area contributed by atoms with Gasteiger partial charge in [-0.15, -0.1) is 5.10 Å². The molecule has 8 nitrogen and oxygen atoms in total. The molecule has 2 aromatic rings. The molecule has 0 radical (unpaired) electrons. The second kappa shape index (κ2) is 9.07. The van der Waals surface area contributed by atoms with Gasteiger partial charge in [0.1, 0.15) is 0 Å². The molecule has 2 rings (SSSR count). The van der Waals surface area contributed by atoms with Gasteiger partial charge >= 0.3 is 11.7 Å². The fourth-order valence-corrected chi connectivity index (χ4v) is 3.77. The number of H-pyrrole nitrogens is 2. The number of carbonyl (C=O) groups excluding carboxylic acids is 2. The number of Topliss-reactive ketones (excluding diaryl/α,β-unsaturated/α-hetero) is 1. The van der Waals surface area contributed by atoms with Gasteiger partial charge in [0.25, 0.3) is 0 Å². The zero-order valence-corrected chi connectivity index (χ0v) is 17.2. The van der Waals surface area contributed by atoms with Gasteiger partial charge in [-0.05, 0) is 39.7 Å². The van der Waals surface area contributed by atoms with E-state index in [1.807, 2.05) is 6.92 Å². The van der Waals surface area contributed by atoms with Crippen LogP contribution >= 0.6 is 11.8 Å². The molecule has 0 bridgehead atoms. The standard InChI is InChI=1S/C18H26N4O4S/c1-6-8-9-22-17(25)20-21-18(22)27-12(5)15(23)14-10(3)13(11(4)19-14)16(24)26-7-2/h12,19H,6-9H2,1-5H3,(H,20,25)/t12-/m0/s1. The highest BCUT2D eigenvalue weighted by atomic mass is 32.2. The number of nitrogens with zero attached hydrogens (tertiary/aromatic N) is 2. The van der Waals surface area contributed by atoms with Crippen LogP contribution in [-0.4, -0.2) is 43.4 Å². The van der Waals surface area contributed by atoms with Crippen LogP contribution in [-0.2, 0) is 11.3 Å². The molecule has 0 saturated heterocycles. The van der Waals surface area contributed by atoms with E-state index in [0.29, 0.717) is 34.2 Å². The molecular weight excluding hydrogens is 368 g/mol. The predicted octanol–water partition coefficient (Wildman–Crippen LogP) is 2.86.